The average Bonchev–Trinajstić information content (AvgIpc) is 3.12. The van der Waals surface area contributed by atoms with Gasteiger partial charge in [-0.25, -0.2) is 0 Å². The van der Waals surface area contributed by atoms with Crippen molar-refractivity contribution in [1.29, 1.82) is 0 Å². The Bertz CT molecular complexity index is 350. The number of rotatable bonds is 9. The topological polar surface area (TPSA) is 37.2 Å². The van der Waals surface area contributed by atoms with E-state index in [4.69, 9.17) is 4.42 Å². The second-order valence-corrected chi connectivity index (χ2v) is 6.05. The molecule has 0 aliphatic heterocycles. The summed E-state index contributed by atoms with van der Waals surface area (Å²) >= 11 is 0. The molecule has 2 rings (SSSR count). The van der Waals surface area contributed by atoms with Crippen molar-refractivity contribution in [3.8, 4) is 0 Å². The zero-order chi connectivity index (χ0) is 14.2. The molecule has 1 aliphatic carbocycles. The summed E-state index contributed by atoms with van der Waals surface area (Å²) in [5.74, 6) is 0.797. The molecule has 3 heteroatoms. The Labute approximate surface area is 123 Å². The Morgan fingerprint density at radius 1 is 1.25 bits per heavy atom. The molecule has 0 saturated heterocycles. The SMILES string of the molecule is CCCNC(CC1CCCC1NCCC)c1ccoc1. The van der Waals surface area contributed by atoms with Crippen molar-refractivity contribution < 1.29 is 4.42 Å². The van der Waals surface area contributed by atoms with E-state index in [-0.39, 0.29) is 0 Å². The quantitative estimate of drug-likeness (QED) is 0.720. The first-order valence-electron chi connectivity index (χ1n) is 8.34. The maximum absolute atomic E-state index is 5.28. The summed E-state index contributed by atoms with van der Waals surface area (Å²) in [6.07, 6.45) is 11.4. The highest BCUT2D eigenvalue weighted by Crippen LogP contribution is 2.33. The van der Waals surface area contributed by atoms with E-state index in [1.807, 2.05) is 6.26 Å². The van der Waals surface area contributed by atoms with Crippen LogP contribution in [0, 0.1) is 5.92 Å². The maximum Gasteiger partial charge on any atom is 0.0950 e. The van der Waals surface area contributed by atoms with E-state index in [1.54, 1.807) is 6.26 Å². The van der Waals surface area contributed by atoms with Gasteiger partial charge in [-0.2, -0.15) is 0 Å². The van der Waals surface area contributed by atoms with Crippen LogP contribution in [0.5, 0.6) is 0 Å². The van der Waals surface area contributed by atoms with Crippen molar-refractivity contribution in [3.05, 3.63) is 24.2 Å². The first-order chi connectivity index (χ1) is 9.85. The molecule has 3 nitrogen and oxygen atoms in total. The van der Waals surface area contributed by atoms with Gasteiger partial charge in [0.15, 0.2) is 0 Å². The molecule has 0 radical (unpaired) electrons. The molecule has 20 heavy (non-hydrogen) atoms. The van der Waals surface area contributed by atoms with Gasteiger partial charge in [0, 0.05) is 17.6 Å². The minimum absolute atomic E-state index is 0.447. The Kier molecular flexibility index (Phi) is 6.61. The molecule has 1 aromatic rings. The van der Waals surface area contributed by atoms with Gasteiger partial charge in [-0.1, -0.05) is 20.3 Å². The van der Waals surface area contributed by atoms with Crippen LogP contribution >= 0.6 is 0 Å². The second kappa shape index (κ2) is 8.48. The smallest absolute Gasteiger partial charge is 0.0950 e. The largest absolute Gasteiger partial charge is 0.472 e. The van der Waals surface area contributed by atoms with Crippen molar-refractivity contribution in [1.82, 2.24) is 10.6 Å². The van der Waals surface area contributed by atoms with E-state index in [2.05, 4.69) is 30.5 Å². The minimum atomic E-state index is 0.447. The molecular formula is C17H30N2O. The lowest BCUT2D eigenvalue weighted by Gasteiger charge is -2.26. The van der Waals surface area contributed by atoms with E-state index in [0.29, 0.717) is 12.1 Å². The number of hydrogen-bond donors (Lipinski definition) is 2. The Morgan fingerprint density at radius 3 is 2.80 bits per heavy atom. The molecule has 3 atom stereocenters. The van der Waals surface area contributed by atoms with Gasteiger partial charge in [-0.3, -0.25) is 0 Å². The van der Waals surface area contributed by atoms with E-state index in [0.717, 1.165) is 19.0 Å². The van der Waals surface area contributed by atoms with Crippen LogP contribution < -0.4 is 10.6 Å². The fourth-order valence-electron chi connectivity index (χ4n) is 3.35. The highest BCUT2D eigenvalue weighted by molar-refractivity contribution is 5.12. The van der Waals surface area contributed by atoms with Crippen LogP contribution in [0.25, 0.3) is 0 Å². The van der Waals surface area contributed by atoms with Crippen LogP contribution in [-0.2, 0) is 0 Å². The predicted molar refractivity (Wildman–Crippen MR) is 83.8 cm³/mol. The van der Waals surface area contributed by atoms with Gasteiger partial charge >= 0.3 is 0 Å². The summed E-state index contributed by atoms with van der Waals surface area (Å²) in [4.78, 5) is 0. The molecular weight excluding hydrogens is 248 g/mol. The van der Waals surface area contributed by atoms with Gasteiger partial charge in [0.25, 0.3) is 0 Å². The molecule has 1 heterocycles. The number of hydrogen-bond acceptors (Lipinski definition) is 3. The van der Waals surface area contributed by atoms with Gasteiger partial charge in [-0.15, -0.1) is 0 Å². The van der Waals surface area contributed by atoms with E-state index in [1.165, 1.54) is 44.1 Å². The zero-order valence-corrected chi connectivity index (χ0v) is 13.0. The van der Waals surface area contributed by atoms with E-state index >= 15 is 0 Å². The van der Waals surface area contributed by atoms with E-state index in [9.17, 15) is 0 Å². The summed E-state index contributed by atoms with van der Waals surface area (Å²) < 4.78 is 5.28. The van der Waals surface area contributed by atoms with Crippen LogP contribution in [0.1, 0.15) is 64.0 Å². The Morgan fingerprint density at radius 2 is 2.10 bits per heavy atom. The molecule has 0 aromatic carbocycles. The fraction of sp³-hybridized carbons (Fsp3) is 0.765. The molecule has 1 aromatic heterocycles. The average molecular weight is 278 g/mol. The Hall–Kier alpha value is -0.800. The zero-order valence-electron chi connectivity index (χ0n) is 13.0. The fourth-order valence-corrected chi connectivity index (χ4v) is 3.35. The first-order valence-corrected chi connectivity index (χ1v) is 8.34. The van der Waals surface area contributed by atoms with Crippen molar-refractivity contribution in [2.24, 2.45) is 5.92 Å². The van der Waals surface area contributed by atoms with Gasteiger partial charge in [0.2, 0.25) is 0 Å². The van der Waals surface area contributed by atoms with Gasteiger partial charge in [0.1, 0.15) is 0 Å². The van der Waals surface area contributed by atoms with Gasteiger partial charge in [-0.05, 0) is 57.2 Å². The molecule has 1 saturated carbocycles. The summed E-state index contributed by atoms with van der Waals surface area (Å²) in [7, 11) is 0. The molecule has 1 aliphatic rings. The summed E-state index contributed by atoms with van der Waals surface area (Å²) in [5.41, 5.74) is 1.31. The molecule has 2 N–H and O–H groups in total. The second-order valence-electron chi connectivity index (χ2n) is 6.05. The first kappa shape index (κ1) is 15.6. The molecule has 3 unspecified atom stereocenters. The van der Waals surface area contributed by atoms with Crippen LogP contribution in [0.3, 0.4) is 0 Å². The Balaban J connectivity index is 1.92. The molecule has 1 fully saturated rings. The predicted octanol–water partition coefficient (Wildman–Crippen LogP) is 3.88. The summed E-state index contributed by atoms with van der Waals surface area (Å²) in [6.45, 7) is 6.70. The monoisotopic (exact) mass is 278 g/mol. The number of nitrogens with one attached hydrogen (secondary N) is 2. The van der Waals surface area contributed by atoms with Crippen LogP contribution in [0.4, 0.5) is 0 Å². The highest BCUT2D eigenvalue weighted by Gasteiger charge is 2.29. The van der Waals surface area contributed by atoms with Crippen LogP contribution in [0.15, 0.2) is 23.0 Å². The molecule has 0 bridgehead atoms. The molecule has 0 amide bonds. The van der Waals surface area contributed by atoms with Gasteiger partial charge in [0.05, 0.1) is 12.5 Å². The third-order valence-corrected chi connectivity index (χ3v) is 4.44. The van der Waals surface area contributed by atoms with Crippen molar-refractivity contribution in [2.45, 2.75) is 64.5 Å². The lowest BCUT2D eigenvalue weighted by atomic mass is 9.92. The van der Waals surface area contributed by atoms with Crippen LogP contribution in [-0.4, -0.2) is 19.1 Å². The third kappa shape index (κ3) is 4.35. The normalized spacial score (nSPS) is 24.1. The lowest BCUT2D eigenvalue weighted by Crippen LogP contribution is -2.35. The number of furan rings is 1. The molecule has 114 valence electrons. The molecule has 0 spiro atoms. The van der Waals surface area contributed by atoms with Crippen molar-refractivity contribution in [2.75, 3.05) is 13.1 Å². The van der Waals surface area contributed by atoms with Crippen LogP contribution in [0.2, 0.25) is 0 Å². The summed E-state index contributed by atoms with van der Waals surface area (Å²) in [6, 6.07) is 3.27. The lowest BCUT2D eigenvalue weighted by molar-refractivity contribution is 0.330. The minimum Gasteiger partial charge on any atom is -0.472 e. The third-order valence-electron chi connectivity index (χ3n) is 4.44. The van der Waals surface area contributed by atoms with Gasteiger partial charge < -0.3 is 15.1 Å². The summed E-state index contributed by atoms with van der Waals surface area (Å²) in [5, 5.41) is 7.42. The highest BCUT2D eigenvalue weighted by atomic mass is 16.3. The van der Waals surface area contributed by atoms with E-state index < -0.39 is 0 Å². The maximum atomic E-state index is 5.28. The standard InChI is InChI=1S/C17H30N2O/c1-3-9-18-16-7-5-6-14(16)12-17(19-10-4-2)15-8-11-20-13-15/h8,11,13-14,16-19H,3-7,9-10,12H2,1-2H3. The van der Waals surface area contributed by atoms with Crippen molar-refractivity contribution >= 4 is 0 Å². The van der Waals surface area contributed by atoms with Crippen molar-refractivity contribution in [3.63, 3.8) is 0 Å².